The summed E-state index contributed by atoms with van der Waals surface area (Å²) in [6.07, 6.45) is 5.73. The van der Waals surface area contributed by atoms with Crippen molar-refractivity contribution in [2.24, 2.45) is 0 Å². The molecular formula is C24H26N2O3. The minimum Gasteiger partial charge on any atom is -0.452 e. The Bertz CT molecular complexity index is 880. The Labute approximate surface area is 171 Å². The normalized spacial score (nSPS) is 15.1. The molecule has 1 amide bonds. The number of carbonyl (C=O) groups is 2. The summed E-state index contributed by atoms with van der Waals surface area (Å²) in [7, 11) is 0. The molecule has 1 aliphatic rings. The van der Waals surface area contributed by atoms with Crippen LogP contribution in [0.4, 0.5) is 0 Å². The lowest BCUT2D eigenvalue weighted by atomic mass is 9.83. The first kappa shape index (κ1) is 20.6. The van der Waals surface area contributed by atoms with Crippen LogP contribution in [-0.4, -0.2) is 24.0 Å². The van der Waals surface area contributed by atoms with Crippen molar-refractivity contribution in [3.05, 3.63) is 71.3 Å². The Morgan fingerprint density at radius 2 is 1.66 bits per heavy atom. The van der Waals surface area contributed by atoms with E-state index in [1.165, 1.54) is 5.56 Å². The van der Waals surface area contributed by atoms with Crippen LogP contribution in [0.1, 0.15) is 53.6 Å². The molecule has 2 aromatic rings. The summed E-state index contributed by atoms with van der Waals surface area (Å²) >= 11 is 0. The van der Waals surface area contributed by atoms with E-state index in [1.807, 2.05) is 30.3 Å². The number of hydrogen-bond acceptors (Lipinski definition) is 4. The first-order valence-corrected chi connectivity index (χ1v) is 10.1. The molecule has 1 fully saturated rings. The van der Waals surface area contributed by atoms with Crippen molar-refractivity contribution in [3.63, 3.8) is 0 Å². The van der Waals surface area contributed by atoms with E-state index in [4.69, 9.17) is 4.74 Å². The number of amides is 1. The van der Waals surface area contributed by atoms with Gasteiger partial charge in [-0.1, -0.05) is 67.8 Å². The standard InChI is InChI=1S/C24H26N2O3/c25-18-24(15-7-2-8-16-24)26-22(27)17-29-23(28)21-12-6-5-11-20(21)14-13-19-9-3-1-4-10-19/h1,3-6,9-12H,2,7-8,13-17H2,(H,26,27). The van der Waals surface area contributed by atoms with Crippen LogP contribution in [0.2, 0.25) is 0 Å². The molecule has 29 heavy (non-hydrogen) atoms. The van der Waals surface area contributed by atoms with Gasteiger partial charge < -0.3 is 10.1 Å². The number of hydrogen-bond donors (Lipinski definition) is 1. The fourth-order valence-electron chi connectivity index (χ4n) is 3.79. The van der Waals surface area contributed by atoms with Crippen LogP contribution in [0.15, 0.2) is 54.6 Å². The van der Waals surface area contributed by atoms with Crippen molar-refractivity contribution in [1.29, 1.82) is 5.26 Å². The third-order valence-corrected chi connectivity index (χ3v) is 5.40. The lowest BCUT2D eigenvalue weighted by molar-refractivity contribution is -0.125. The van der Waals surface area contributed by atoms with Gasteiger partial charge in [0.1, 0.15) is 5.54 Å². The zero-order chi connectivity index (χ0) is 20.5. The summed E-state index contributed by atoms with van der Waals surface area (Å²) in [6, 6.07) is 19.6. The van der Waals surface area contributed by atoms with Crippen LogP contribution in [0.5, 0.6) is 0 Å². The Balaban J connectivity index is 1.56. The Kier molecular flexibility index (Phi) is 7.02. The summed E-state index contributed by atoms with van der Waals surface area (Å²) in [5, 5.41) is 12.2. The van der Waals surface area contributed by atoms with Crippen LogP contribution in [0.3, 0.4) is 0 Å². The fourth-order valence-corrected chi connectivity index (χ4v) is 3.79. The second-order valence-corrected chi connectivity index (χ2v) is 7.52. The topological polar surface area (TPSA) is 79.2 Å². The maximum absolute atomic E-state index is 12.6. The molecule has 0 bridgehead atoms. The smallest absolute Gasteiger partial charge is 0.338 e. The van der Waals surface area contributed by atoms with Crippen LogP contribution in [-0.2, 0) is 22.4 Å². The molecule has 5 nitrogen and oxygen atoms in total. The molecule has 1 aliphatic carbocycles. The average molecular weight is 390 g/mol. The Morgan fingerprint density at radius 1 is 0.966 bits per heavy atom. The molecule has 150 valence electrons. The number of ether oxygens (including phenoxy) is 1. The van der Waals surface area contributed by atoms with Crippen LogP contribution < -0.4 is 5.32 Å². The van der Waals surface area contributed by atoms with E-state index in [2.05, 4.69) is 23.5 Å². The summed E-state index contributed by atoms with van der Waals surface area (Å²) in [5.74, 6) is -0.943. The maximum Gasteiger partial charge on any atom is 0.338 e. The molecule has 1 saturated carbocycles. The second-order valence-electron chi connectivity index (χ2n) is 7.52. The van der Waals surface area contributed by atoms with Gasteiger partial charge in [0.25, 0.3) is 5.91 Å². The monoisotopic (exact) mass is 390 g/mol. The number of nitrogens with one attached hydrogen (secondary N) is 1. The third-order valence-electron chi connectivity index (χ3n) is 5.40. The molecule has 2 aromatic carbocycles. The lowest BCUT2D eigenvalue weighted by Gasteiger charge is -2.31. The highest BCUT2D eigenvalue weighted by Crippen LogP contribution is 2.27. The lowest BCUT2D eigenvalue weighted by Crippen LogP contribution is -2.50. The van der Waals surface area contributed by atoms with Crippen molar-refractivity contribution in [2.75, 3.05) is 6.61 Å². The van der Waals surface area contributed by atoms with E-state index in [1.54, 1.807) is 12.1 Å². The molecule has 0 spiro atoms. The van der Waals surface area contributed by atoms with E-state index in [9.17, 15) is 14.9 Å². The van der Waals surface area contributed by atoms with E-state index in [0.717, 1.165) is 31.2 Å². The third kappa shape index (κ3) is 5.68. The Hall–Kier alpha value is -3.13. The number of nitrogens with zero attached hydrogens (tertiary/aromatic N) is 1. The number of aryl methyl sites for hydroxylation is 2. The van der Waals surface area contributed by atoms with Crippen LogP contribution >= 0.6 is 0 Å². The van der Waals surface area contributed by atoms with Gasteiger partial charge in [0, 0.05) is 0 Å². The minimum absolute atomic E-state index is 0.380. The zero-order valence-corrected chi connectivity index (χ0v) is 16.5. The number of benzene rings is 2. The van der Waals surface area contributed by atoms with E-state index in [0.29, 0.717) is 24.8 Å². The predicted molar refractivity (Wildman–Crippen MR) is 110 cm³/mol. The van der Waals surface area contributed by atoms with E-state index < -0.39 is 17.4 Å². The predicted octanol–water partition coefficient (Wildman–Crippen LogP) is 3.97. The maximum atomic E-state index is 12.6. The summed E-state index contributed by atoms with van der Waals surface area (Å²) in [5.41, 5.74) is 1.74. The van der Waals surface area contributed by atoms with Crippen molar-refractivity contribution >= 4 is 11.9 Å². The van der Waals surface area contributed by atoms with Crippen molar-refractivity contribution in [1.82, 2.24) is 5.32 Å². The summed E-state index contributed by atoms with van der Waals surface area (Å²) in [4.78, 5) is 24.8. The van der Waals surface area contributed by atoms with Crippen molar-refractivity contribution in [2.45, 2.75) is 50.5 Å². The minimum atomic E-state index is -0.824. The molecule has 0 atom stereocenters. The molecule has 0 saturated heterocycles. The first-order chi connectivity index (χ1) is 14.1. The van der Waals surface area contributed by atoms with Gasteiger partial charge in [0.05, 0.1) is 11.6 Å². The van der Waals surface area contributed by atoms with Gasteiger partial charge in [-0.3, -0.25) is 4.79 Å². The van der Waals surface area contributed by atoms with Crippen molar-refractivity contribution < 1.29 is 14.3 Å². The molecule has 0 aromatic heterocycles. The highest BCUT2D eigenvalue weighted by molar-refractivity contribution is 5.92. The highest BCUT2D eigenvalue weighted by atomic mass is 16.5. The quantitative estimate of drug-likeness (QED) is 0.726. The molecular weight excluding hydrogens is 364 g/mol. The molecule has 0 heterocycles. The fraction of sp³-hybridized carbons (Fsp3) is 0.375. The SMILES string of the molecule is N#CC1(NC(=O)COC(=O)c2ccccc2CCc2ccccc2)CCCCC1. The summed E-state index contributed by atoms with van der Waals surface area (Å²) < 4.78 is 5.25. The zero-order valence-electron chi connectivity index (χ0n) is 16.5. The van der Waals surface area contributed by atoms with Gasteiger partial charge in [-0.15, -0.1) is 0 Å². The van der Waals surface area contributed by atoms with Crippen LogP contribution in [0.25, 0.3) is 0 Å². The largest absolute Gasteiger partial charge is 0.452 e. The van der Waals surface area contributed by atoms with Gasteiger partial charge in [0.2, 0.25) is 0 Å². The van der Waals surface area contributed by atoms with Crippen molar-refractivity contribution in [3.8, 4) is 6.07 Å². The number of esters is 1. The first-order valence-electron chi connectivity index (χ1n) is 10.1. The van der Waals surface area contributed by atoms with E-state index in [-0.39, 0.29) is 6.61 Å². The average Bonchev–Trinajstić information content (AvgIpc) is 2.77. The highest BCUT2D eigenvalue weighted by Gasteiger charge is 2.33. The van der Waals surface area contributed by atoms with Crippen LogP contribution in [0, 0.1) is 11.3 Å². The molecule has 0 radical (unpaired) electrons. The molecule has 1 N–H and O–H groups in total. The number of nitriles is 1. The molecule has 3 rings (SSSR count). The second kappa shape index (κ2) is 9.88. The number of carbonyl (C=O) groups excluding carboxylic acids is 2. The van der Waals surface area contributed by atoms with Gasteiger partial charge in [-0.2, -0.15) is 5.26 Å². The Morgan fingerprint density at radius 3 is 2.38 bits per heavy atom. The molecule has 0 unspecified atom stereocenters. The molecule has 5 heteroatoms. The molecule has 0 aliphatic heterocycles. The summed E-state index contributed by atoms with van der Waals surface area (Å²) in [6.45, 7) is -0.380. The van der Waals surface area contributed by atoms with Gasteiger partial charge in [0.15, 0.2) is 6.61 Å². The van der Waals surface area contributed by atoms with Gasteiger partial charge in [-0.25, -0.2) is 4.79 Å². The van der Waals surface area contributed by atoms with E-state index >= 15 is 0 Å². The van der Waals surface area contributed by atoms with Gasteiger partial charge in [-0.05, 0) is 42.9 Å². The van der Waals surface area contributed by atoms with Gasteiger partial charge >= 0.3 is 5.97 Å². The number of rotatable bonds is 7.